The van der Waals surface area contributed by atoms with Gasteiger partial charge in [-0.25, -0.2) is 79.0 Å². The zero-order valence-corrected chi connectivity index (χ0v) is 63.4. The van der Waals surface area contributed by atoms with Crippen LogP contribution in [0.1, 0.15) is 96.0 Å². The predicted octanol–water partition coefficient (Wildman–Crippen LogP) is 14.8. The number of ether oxygens (including phenoxy) is 7. The minimum atomic E-state index is -4.67. The number of alkyl halides is 3. The van der Waals surface area contributed by atoms with Crippen LogP contribution >= 0.6 is 11.6 Å². The zero-order valence-electron chi connectivity index (χ0n) is 62.6. The number of primary amides is 3. The van der Waals surface area contributed by atoms with E-state index in [9.17, 15) is 46.7 Å². The summed E-state index contributed by atoms with van der Waals surface area (Å²) >= 11 is 5.59. The van der Waals surface area contributed by atoms with Crippen LogP contribution in [0, 0.1) is 0 Å². The fraction of sp³-hybridized carbons (Fsp3) is 0.145. The molecule has 5 aromatic carbocycles. The Hall–Kier alpha value is -16.0. The summed E-state index contributed by atoms with van der Waals surface area (Å²) in [5.74, 6) is 0.136. The summed E-state index contributed by atoms with van der Waals surface area (Å²) in [5, 5.41) is 9.60. The normalized spacial score (nSPS) is 10.9. The van der Waals surface area contributed by atoms with Gasteiger partial charge in [0.25, 0.3) is 17.7 Å². The van der Waals surface area contributed by atoms with Crippen LogP contribution in [-0.2, 0) is 20.4 Å². The molecule has 0 aliphatic rings. The van der Waals surface area contributed by atoms with Crippen LogP contribution in [0.2, 0.25) is 5.02 Å². The SMILES string of the molecule is CC(C)(C)OC(=O)Nc1cccc(Oc2cc(-c3nc(C(N)=O)co3)ncn2)c1.CCOC(=O)c1coc(-c2cc(Oc3cccc(NC(=O)OC(C)(C)C)c3)ncn2)n1.NC(=O)c1coc(-c2cc(Oc3cccc(N)c3)ncn2)n1.NC(=O)c1coc(-c2cc(Oc3cccc(NC(=O)Nc4ccc(Cl)c(C(F)(F)F)c4)c3)ncn2)n1. The van der Waals surface area contributed by atoms with E-state index in [-0.39, 0.29) is 99.3 Å². The lowest BCUT2D eigenvalue weighted by Crippen LogP contribution is -2.27. The topological polar surface area (TPSA) is 544 Å². The average molecular weight is 1640 g/mol. The minimum absolute atomic E-state index is 0.0120. The first-order chi connectivity index (χ1) is 56.1. The number of halogens is 4. The number of hydrogen-bond acceptors (Lipinski definition) is 31. The highest BCUT2D eigenvalue weighted by atomic mass is 35.5. The second-order valence-corrected chi connectivity index (χ2v) is 25.9. The Morgan fingerprint density at radius 3 is 1.06 bits per heavy atom. The van der Waals surface area contributed by atoms with Crippen molar-refractivity contribution >= 4 is 81.9 Å². The van der Waals surface area contributed by atoms with Gasteiger partial charge in [0.05, 0.1) is 17.2 Å². The first-order valence-corrected chi connectivity index (χ1v) is 34.5. The highest BCUT2D eigenvalue weighted by Crippen LogP contribution is 2.37. The van der Waals surface area contributed by atoms with E-state index >= 15 is 0 Å². The number of aromatic nitrogens is 12. The number of nitrogen functional groups attached to an aromatic ring is 1. The second kappa shape index (κ2) is 38.0. The van der Waals surface area contributed by atoms with Gasteiger partial charge >= 0.3 is 30.4 Å². The smallest absolute Gasteiger partial charge is 0.417 e. The fourth-order valence-electron chi connectivity index (χ4n) is 9.18. The van der Waals surface area contributed by atoms with Gasteiger partial charge in [-0.1, -0.05) is 35.9 Å². The van der Waals surface area contributed by atoms with Crippen LogP contribution in [0.4, 0.5) is 56.0 Å². The molecule has 606 valence electrons. The number of amides is 7. The number of esters is 1. The maximum Gasteiger partial charge on any atom is 0.417 e. The molecule has 13 rings (SSSR count). The number of oxazole rings is 4. The van der Waals surface area contributed by atoms with Gasteiger partial charge in [-0.05, 0) is 115 Å². The van der Waals surface area contributed by atoms with Crippen molar-refractivity contribution in [1.82, 2.24) is 59.8 Å². The van der Waals surface area contributed by atoms with Crippen LogP contribution < -0.4 is 63.1 Å². The Bertz CT molecular complexity index is 5770. The van der Waals surface area contributed by atoms with Crippen molar-refractivity contribution in [2.45, 2.75) is 65.8 Å². The quantitative estimate of drug-likeness (QED) is 0.0188. The highest BCUT2D eigenvalue weighted by Gasteiger charge is 2.34. The first-order valence-electron chi connectivity index (χ1n) is 34.1. The van der Waals surface area contributed by atoms with Gasteiger partial charge in [0.2, 0.25) is 47.1 Å². The monoisotopic (exact) mass is 1640 g/mol. The van der Waals surface area contributed by atoms with E-state index in [0.717, 1.165) is 30.9 Å². The Kier molecular flexibility index (Phi) is 27.2. The van der Waals surface area contributed by atoms with E-state index in [0.29, 0.717) is 51.4 Å². The molecule has 13 aromatic rings. The van der Waals surface area contributed by atoms with Gasteiger partial charge in [-0.3, -0.25) is 25.0 Å². The molecular weight excluding hydrogens is 1570 g/mol. The number of carbonyl (C=O) groups excluding carboxylic acids is 7. The van der Waals surface area contributed by atoms with Gasteiger partial charge < -0.3 is 84.4 Å². The van der Waals surface area contributed by atoms with E-state index in [1.165, 1.54) is 68.0 Å². The van der Waals surface area contributed by atoms with Crippen LogP contribution in [-0.4, -0.2) is 120 Å². The summed E-state index contributed by atoms with van der Waals surface area (Å²) < 4.78 is 98.0. The van der Waals surface area contributed by atoms with Gasteiger partial charge in [0.1, 0.15) is 107 Å². The summed E-state index contributed by atoms with van der Waals surface area (Å²) in [6.07, 6.45) is 3.81. The van der Waals surface area contributed by atoms with Crippen LogP contribution in [0.5, 0.6) is 46.5 Å². The van der Waals surface area contributed by atoms with Gasteiger partial charge in [-0.2, -0.15) is 13.2 Å². The van der Waals surface area contributed by atoms with Crippen molar-refractivity contribution in [2.75, 3.05) is 33.6 Å². The zero-order chi connectivity index (χ0) is 84.8. The molecule has 12 N–H and O–H groups in total. The molecule has 8 heterocycles. The number of hydrogen-bond donors (Lipinski definition) is 8. The van der Waals surface area contributed by atoms with E-state index in [1.807, 2.05) is 0 Å². The molecule has 0 unspecified atom stereocenters. The number of nitrogens with one attached hydrogen (secondary N) is 4. The third-order valence-electron chi connectivity index (χ3n) is 14.0. The standard InChI is InChI=1S/C22H14ClF3N6O4.C21H22N4O6.C19H19N5O5.C14H11N5O3/c23-15-5-4-12(7-14(15)22(24,25)26)31-21(34)30-11-2-1-3-13(6-11)36-18-8-16(28-10-29-18)20-32-17(9-35-20)19(27)33;1-5-28-19(26)16-11-29-18(25-16)15-10-17(23-12-22-15)30-14-8-6-7-13(9-14)24-20(27)31-21(2,3)4;1-19(2,3)29-18(26)23-11-5-4-6-12(7-11)28-15-8-13(21-10-22-15)17-24-14(9-27-17)16(20)25;15-8-2-1-3-9(4-8)22-12-5-10(17-7-18-12)14-19-11(6-21-14)13(16)20/h1-10H,(H2,27,33)(H2,30,31,34);6-12H,5H2,1-4H3,(H,24,27);4-10H,1-3H3,(H2,20,25)(H,23,26);1-7H,15H2,(H2,16,20). The lowest BCUT2D eigenvalue weighted by molar-refractivity contribution is -0.137. The maximum atomic E-state index is 13.0. The Morgan fingerprint density at radius 2 is 0.737 bits per heavy atom. The number of benzene rings is 5. The molecule has 7 amide bonds. The number of urea groups is 1. The molecule has 0 atom stereocenters. The summed E-state index contributed by atoms with van der Waals surface area (Å²) in [6, 6.07) is 34.7. The number of nitrogens with zero attached hydrogens (tertiary/aromatic N) is 12. The maximum absolute atomic E-state index is 13.0. The van der Waals surface area contributed by atoms with E-state index < -0.39 is 69.9 Å². The summed E-state index contributed by atoms with van der Waals surface area (Å²) in [4.78, 5) is 129. The molecule has 0 bridgehead atoms. The third-order valence-corrected chi connectivity index (χ3v) is 14.4. The largest absolute Gasteiger partial charge is 0.461 e. The molecule has 8 aromatic heterocycles. The lowest BCUT2D eigenvalue weighted by atomic mass is 10.2. The average Bonchev–Trinajstić information content (AvgIpc) is 1.42. The van der Waals surface area contributed by atoms with Crippen LogP contribution in [0.25, 0.3) is 46.3 Å². The van der Waals surface area contributed by atoms with Gasteiger partial charge in [0.15, 0.2) is 22.8 Å². The second-order valence-electron chi connectivity index (χ2n) is 25.5. The van der Waals surface area contributed by atoms with Gasteiger partial charge in [-0.15, -0.1) is 0 Å². The molecule has 0 radical (unpaired) electrons. The Morgan fingerprint density at radius 1 is 0.415 bits per heavy atom. The van der Waals surface area contributed by atoms with Crippen molar-refractivity contribution in [3.05, 3.63) is 223 Å². The summed E-state index contributed by atoms with van der Waals surface area (Å²) in [7, 11) is 0. The van der Waals surface area contributed by atoms with E-state index in [2.05, 4.69) is 81.1 Å². The van der Waals surface area contributed by atoms with Crippen LogP contribution in [0.15, 0.2) is 208 Å². The van der Waals surface area contributed by atoms with E-state index in [1.54, 1.807) is 139 Å². The van der Waals surface area contributed by atoms with Crippen molar-refractivity contribution in [3.8, 4) is 92.9 Å². The number of carbonyl (C=O) groups is 7. The van der Waals surface area contributed by atoms with Crippen molar-refractivity contribution in [3.63, 3.8) is 0 Å². The van der Waals surface area contributed by atoms with Crippen molar-refractivity contribution in [2.24, 2.45) is 17.2 Å². The van der Waals surface area contributed by atoms with E-state index in [4.69, 9.17) is 85.4 Å². The molecule has 0 fully saturated rings. The van der Waals surface area contributed by atoms with Gasteiger partial charge in [0, 0.05) is 77.0 Å². The fourth-order valence-corrected chi connectivity index (χ4v) is 9.41. The molecule has 42 heteroatoms. The number of rotatable bonds is 21. The highest BCUT2D eigenvalue weighted by molar-refractivity contribution is 6.31. The van der Waals surface area contributed by atoms with Crippen molar-refractivity contribution < 1.29 is 97.6 Å². The molecule has 0 spiro atoms. The minimum Gasteiger partial charge on any atom is -0.461 e. The van der Waals surface area contributed by atoms with Crippen molar-refractivity contribution in [1.29, 1.82) is 0 Å². The molecule has 38 nitrogen and oxygen atoms in total. The van der Waals surface area contributed by atoms with Crippen LogP contribution in [0.3, 0.4) is 0 Å². The lowest BCUT2D eigenvalue weighted by Gasteiger charge is -2.19. The Labute approximate surface area is 669 Å². The molecule has 0 saturated heterocycles. The molecule has 0 saturated carbocycles. The molecular formula is C76H66ClF3N20O18. The molecule has 0 aliphatic heterocycles. The first kappa shape index (κ1) is 84.5. The third kappa shape index (κ3) is 25.5. The molecule has 118 heavy (non-hydrogen) atoms. The number of anilines is 5. The Balaban J connectivity index is 0.000000168. The predicted molar refractivity (Wildman–Crippen MR) is 411 cm³/mol. The number of nitrogens with two attached hydrogens (primary N) is 4. The molecule has 0 aliphatic carbocycles. The summed E-state index contributed by atoms with van der Waals surface area (Å²) in [6.45, 7) is 12.6. The summed E-state index contributed by atoms with van der Waals surface area (Å²) in [5.41, 5.74) is 21.8.